The van der Waals surface area contributed by atoms with Gasteiger partial charge in [0.1, 0.15) is 5.82 Å². The summed E-state index contributed by atoms with van der Waals surface area (Å²) in [4.78, 5) is 17.9. The number of nitrogens with one attached hydrogen (secondary N) is 1. The highest BCUT2D eigenvalue weighted by molar-refractivity contribution is 5.77. The summed E-state index contributed by atoms with van der Waals surface area (Å²) in [6, 6.07) is 15.5. The van der Waals surface area contributed by atoms with Crippen LogP contribution < -0.4 is 10.9 Å². The zero-order valence-electron chi connectivity index (χ0n) is 13.7. The maximum atomic E-state index is 13.1. The molecular weight excluding hydrogens is 286 g/mol. The Hall–Kier alpha value is -2.46. The lowest BCUT2D eigenvalue weighted by Crippen LogP contribution is -2.29. The van der Waals surface area contributed by atoms with E-state index in [-0.39, 0.29) is 11.6 Å². The fourth-order valence-electron chi connectivity index (χ4n) is 2.92. The molecule has 0 bridgehead atoms. The molecule has 118 valence electrons. The lowest BCUT2D eigenvalue weighted by molar-refractivity contribution is 0.529. The van der Waals surface area contributed by atoms with E-state index in [1.165, 1.54) is 0 Å². The van der Waals surface area contributed by atoms with Crippen LogP contribution in [-0.2, 0) is 0 Å². The van der Waals surface area contributed by atoms with Crippen LogP contribution in [0.1, 0.15) is 30.8 Å². The zero-order valence-corrected chi connectivity index (χ0v) is 13.7. The van der Waals surface area contributed by atoms with Gasteiger partial charge >= 0.3 is 0 Å². The topological polar surface area (TPSA) is 46.9 Å². The molecule has 23 heavy (non-hydrogen) atoms. The van der Waals surface area contributed by atoms with Crippen molar-refractivity contribution in [3.8, 4) is 5.69 Å². The first-order valence-electron chi connectivity index (χ1n) is 7.91. The Bertz CT molecular complexity index is 895. The van der Waals surface area contributed by atoms with E-state index in [2.05, 4.69) is 12.2 Å². The van der Waals surface area contributed by atoms with Crippen LogP contribution in [-0.4, -0.2) is 16.6 Å². The van der Waals surface area contributed by atoms with Crippen molar-refractivity contribution in [1.82, 2.24) is 14.9 Å². The van der Waals surface area contributed by atoms with Gasteiger partial charge < -0.3 is 5.32 Å². The highest BCUT2D eigenvalue weighted by Crippen LogP contribution is 2.20. The fraction of sp³-hybridized carbons (Fsp3) is 0.263. The van der Waals surface area contributed by atoms with E-state index in [1.54, 1.807) is 4.57 Å². The summed E-state index contributed by atoms with van der Waals surface area (Å²) in [5, 5.41) is 3.90. The third-order valence-corrected chi connectivity index (χ3v) is 4.13. The van der Waals surface area contributed by atoms with E-state index >= 15 is 0 Å². The minimum Gasteiger partial charge on any atom is -0.310 e. The van der Waals surface area contributed by atoms with Crippen LogP contribution >= 0.6 is 0 Å². The van der Waals surface area contributed by atoms with Crippen molar-refractivity contribution in [2.24, 2.45) is 0 Å². The number of benzene rings is 2. The quantitative estimate of drug-likeness (QED) is 0.804. The molecule has 1 atom stereocenters. The molecule has 0 aliphatic heterocycles. The molecule has 0 unspecified atom stereocenters. The molecule has 0 spiro atoms. The molecule has 0 radical (unpaired) electrons. The van der Waals surface area contributed by atoms with Gasteiger partial charge in [-0.3, -0.25) is 9.36 Å². The second-order valence-corrected chi connectivity index (χ2v) is 5.72. The maximum Gasteiger partial charge on any atom is 0.266 e. The Labute approximate surface area is 135 Å². The van der Waals surface area contributed by atoms with Gasteiger partial charge in [0.2, 0.25) is 0 Å². The zero-order chi connectivity index (χ0) is 16.4. The molecule has 3 rings (SSSR count). The standard InChI is InChI=1S/C19H21N3O/c1-4-16(20-3)18-21-17-11-6-5-10-15(17)19(23)22(18)14-9-7-8-13(2)12-14/h5-12,16,20H,4H2,1-3H3/t16-/m0/s1. The number of aromatic nitrogens is 2. The first-order chi connectivity index (χ1) is 11.2. The lowest BCUT2D eigenvalue weighted by Gasteiger charge is -2.20. The minimum atomic E-state index is -0.0232. The van der Waals surface area contributed by atoms with E-state index in [1.807, 2.05) is 62.5 Å². The van der Waals surface area contributed by atoms with Crippen molar-refractivity contribution >= 4 is 10.9 Å². The third kappa shape index (κ3) is 2.78. The number of hydrogen-bond acceptors (Lipinski definition) is 3. The molecule has 0 amide bonds. The molecule has 0 aliphatic carbocycles. The normalized spacial score (nSPS) is 12.5. The molecule has 0 aliphatic rings. The lowest BCUT2D eigenvalue weighted by atomic mass is 10.1. The van der Waals surface area contributed by atoms with Crippen molar-refractivity contribution in [2.45, 2.75) is 26.3 Å². The molecule has 3 aromatic rings. The number of fused-ring (bicyclic) bond motifs is 1. The summed E-state index contributed by atoms with van der Waals surface area (Å²) < 4.78 is 1.74. The van der Waals surface area contributed by atoms with Gasteiger partial charge in [-0.1, -0.05) is 31.2 Å². The monoisotopic (exact) mass is 307 g/mol. The highest BCUT2D eigenvalue weighted by Gasteiger charge is 2.18. The van der Waals surface area contributed by atoms with Gasteiger partial charge in [0.05, 0.1) is 22.6 Å². The van der Waals surface area contributed by atoms with Crippen LogP contribution in [0.15, 0.2) is 53.3 Å². The van der Waals surface area contributed by atoms with Crippen LogP contribution in [0.5, 0.6) is 0 Å². The van der Waals surface area contributed by atoms with E-state index in [4.69, 9.17) is 4.98 Å². The maximum absolute atomic E-state index is 13.1. The second-order valence-electron chi connectivity index (χ2n) is 5.72. The average molecular weight is 307 g/mol. The molecule has 4 nitrogen and oxygen atoms in total. The summed E-state index contributed by atoms with van der Waals surface area (Å²) in [5.41, 5.74) is 2.69. The van der Waals surface area contributed by atoms with Crippen LogP contribution in [0.2, 0.25) is 0 Å². The predicted octanol–water partition coefficient (Wildman–Crippen LogP) is 3.36. The fourth-order valence-corrected chi connectivity index (χ4v) is 2.92. The largest absolute Gasteiger partial charge is 0.310 e. The van der Waals surface area contributed by atoms with Crippen LogP contribution in [0, 0.1) is 6.92 Å². The van der Waals surface area contributed by atoms with Gasteiger partial charge in [0, 0.05) is 0 Å². The molecule has 2 aromatic carbocycles. The summed E-state index contributed by atoms with van der Waals surface area (Å²) in [7, 11) is 1.90. The van der Waals surface area contributed by atoms with Crippen molar-refractivity contribution in [3.63, 3.8) is 0 Å². The molecule has 0 saturated heterocycles. The van der Waals surface area contributed by atoms with Crippen molar-refractivity contribution in [3.05, 3.63) is 70.3 Å². The van der Waals surface area contributed by atoms with Gasteiger partial charge in [-0.05, 0) is 50.2 Å². The number of rotatable bonds is 4. The first kappa shape index (κ1) is 15.4. The van der Waals surface area contributed by atoms with Gasteiger partial charge in [-0.25, -0.2) is 4.98 Å². The van der Waals surface area contributed by atoms with Crippen molar-refractivity contribution < 1.29 is 0 Å². The molecular formula is C19H21N3O. The van der Waals surface area contributed by atoms with Gasteiger partial charge in [-0.15, -0.1) is 0 Å². The summed E-state index contributed by atoms with van der Waals surface area (Å²) in [6.07, 6.45) is 0.854. The Morgan fingerprint density at radius 3 is 2.65 bits per heavy atom. The van der Waals surface area contributed by atoms with Crippen LogP contribution in [0.4, 0.5) is 0 Å². The third-order valence-electron chi connectivity index (χ3n) is 4.13. The van der Waals surface area contributed by atoms with Crippen molar-refractivity contribution in [2.75, 3.05) is 7.05 Å². The number of aryl methyl sites for hydroxylation is 1. The first-order valence-corrected chi connectivity index (χ1v) is 7.91. The summed E-state index contributed by atoms with van der Waals surface area (Å²) in [6.45, 7) is 4.11. The summed E-state index contributed by atoms with van der Waals surface area (Å²) >= 11 is 0. The Balaban J connectivity index is 2.39. The molecule has 4 heteroatoms. The molecule has 1 heterocycles. The second kappa shape index (κ2) is 6.34. The van der Waals surface area contributed by atoms with Crippen LogP contribution in [0.25, 0.3) is 16.6 Å². The van der Waals surface area contributed by atoms with E-state index in [0.717, 1.165) is 29.0 Å². The number of hydrogen-bond donors (Lipinski definition) is 1. The summed E-state index contributed by atoms with van der Waals surface area (Å²) in [5.74, 6) is 0.754. The Morgan fingerprint density at radius 1 is 1.17 bits per heavy atom. The molecule has 1 aromatic heterocycles. The van der Waals surface area contributed by atoms with Crippen molar-refractivity contribution in [1.29, 1.82) is 0 Å². The highest BCUT2D eigenvalue weighted by atomic mass is 16.1. The SMILES string of the molecule is CC[C@H](NC)c1nc2ccccc2c(=O)n1-c1cccc(C)c1. The number of nitrogens with zero attached hydrogens (tertiary/aromatic N) is 2. The van der Waals surface area contributed by atoms with E-state index in [0.29, 0.717) is 5.39 Å². The van der Waals surface area contributed by atoms with Gasteiger partial charge in [-0.2, -0.15) is 0 Å². The predicted molar refractivity (Wildman–Crippen MR) is 94.2 cm³/mol. The Kier molecular flexibility index (Phi) is 4.26. The minimum absolute atomic E-state index is 0.0211. The molecule has 0 fully saturated rings. The molecule has 0 saturated carbocycles. The van der Waals surface area contributed by atoms with Crippen LogP contribution in [0.3, 0.4) is 0 Å². The van der Waals surface area contributed by atoms with E-state index < -0.39 is 0 Å². The van der Waals surface area contributed by atoms with Gasteiger partial charge in [0.15, 0.2) is 0 Å². The average Bonchev–Trinajstić information content (AvgIpc) is 2.56. The molecule has 1 N–H and O–H groups in total. The number of para-hydroxylation sites is 1. The Morgan fingerprint density at radius 2 is 1.96 bits per heavy atom. The van der Waals surface area contributed by atoms with Gasteiger partial charge in [0.25, 0.3) is 5.56 Å². The smallest absolute Gasteiger partial charge is 0.266 e. The van der Waals surface area contributed by atoms with E-state index in [9.17, 15) is 4.79 Å².